The fraction of sp³-hybridized carbons (Fsp3) is 0.825. The second-order valence-corrected chi connectivity index (χ2v) is 20.4. The molecular weight excluding hydrogens is 1140 g/mol. The Labute approximate surface area is 496 Å². The lowest BCUT2D eigenvalue weighted by molar-refractivity contribution is -0.282. The maximum atomic E-state index is 13.6. The molecule has 2 saturated heterocycles. The number of hydrogen-bond acceptors (Lipinski definition) is 19. The van der Waals surface area contributed by atoms with Crippen LogP contribution in [0.3, 0.4) is 0 Å². The minimum absolute atomic E-state index is 0. The number of phosphoric acid groups is 1. The number of aliphatic hydroxyl groups is 3. The highest BCUT2D eigenvalue weighted by molar-refractivity contribution is 7.47. The minimum Gasteiger partial charge on any atom is -0.463 e. The first-order valence-electron chi connectivity index (χ1n) is 28.5. The molecule has 0 bridgehead atoms. The predicted molar refractivity (Wildman–Crippen MR) is 307 cm³/mol. The number of ether oxygens (including phenoxy) is 8. The average molecular weight is 1250 g/mol. The van der Waals surface area contributed by atoms with Gasteiger partial charge in [-0.05, 0) is 57.9 Å². The standard InChI is InChI=1S/C24H29F5O8.C20H39NO7.C7H18NO4P.2C2H6.2CH4/c1-11-12(2)24(36-15(10-34-13(3)30)22(11)35-14(4)31)33-9-7-5-6-8-16(32)37-23-20(28)18(26)17(25)19(27)21(23)29;1-15-18(24)19(25)16(14-22)28-20(15)27-13-9-5-6-10-17(23)21-11-7-3-4-8-12-26-2;1-11-13(9,10)12-7-5-3-2-4-6-8;2*1-2;;/h11-12,15,22,24H,5-10H2,1-4H3;15-16,18-20,22,24-25H,3-14H2,1-2H3,(H,21,23);2-8H2,1H3,(H,9,10);2*1-2H3;2*1H4/t11-,12?,15?,22-,24-;15?,16?,18-,19+,20-;;;;;/m11...../s1. The number of methoxy groups -OCH3 is 1. The lowest BCUT2D eigenvalue weighted by Gasteiger charge is -2.43. The van der Waals surface area contributed by atoms with Crippen LogP contribution in [0.4, 0.5) is 22.0 Å². The van der Waals surface area contributed by atoms with E-state index in [0.717, 1.165) is 90.9 Å². The Morgan fingerprint density at radius 3 is 1.61 bits per heavy atom. The average Bonchev–Trinajstić information content (AvgIpc) is 3.48. The molecule has 2 aliphatic rings. The van der Waals surface area contributed by atoms with Crippen molar-refractivity contribution in [3.8, 4) is 5.75 Å². The number of rotatable bonds is 34. The van der Waals surface area contributed by atoms with E-state index in [1.807, 2.05) is 41.5 Å². The number of carbonyl (C=O) groups excluding carboxylic acids is 4. The Bertz CT molecular complexity index is 1910. The third-order valence-electron chi connectivity index (χ3n) is 12.6. The van der Waals surface area contributed by atoms with E-state index in [1.54, 1.807) is 14.0 Å². The molecule has 5 unspecified atom stereocenters. The van der Waals surface area contributed by atoms with Crippen LogP contribution in [0.15, 0.2) is 0 Å². The second-order valence-electron chi connectivity index (χ2n) is 18.9. The summed E-state index contributed by atoms with van der Waals surface area (Å²) in [4.78, 5) is 55.1. The molecule has 2 fully saturated rings. The maximum Gasteiger partial charge on any atom is 0.471 e. The molecule has 1 amide bonds. The van der Waals surface area contributed by atoms with E-state index in [-0.39, 0.29) is 77.8 Å². The molecule has 11 atom stereocenters. The molecule has 0 radical (unpaired) electrons. The molecule has 0 saturated carbocycles. The molecule has 1 aromatic carbocycles. The molecule has 27 heteroatoms. The summed E-state index contributed by atoms with van der Waals surface area (Å²) in [5.41, 5.74) is 5.30. The summed E-state index contributed by atoms with van der Waals surface area (Å²) >= 11 is 0. The number of nitrogens with one attached hydrogen (secondary N) is 1. The van der Waals surface area contributed by atoms with Gasteiger partial charge in [0.15, 0.2) is 12.6 Å². The minimum atomic E-state index is -3.75. The summed E-state index contributed by atoms with van der Waals surface area (Å²) in [5.74, 6) is -15.7. The van der Waals surface area contributed by atoms with E-state index < -0.39 is 104 Å². The molecule has 7 N–H and O–H groups in total. The van der Waals surface area contributed by atoms with Gasteiger partial charge in [0, 0.05) is 85.0 Å². The molecule has 1 aromatic rings. The Kier molecular flexibility index (Phi) is 53.3. The van der Waals surface area contributed by atoms with Gasteiger partial charge in [-0.2, -0.15) is 8.78 Å². The van der Waals surface area contributed by atoms with Crippen LogP contribution in [0.25, 0.3) is 0 Å². The Hall–Kier alpha value is -3.50. The third-order valence-corrected chi connectivity index (χ3v) is 13.6. The van der Waals surface area contributed by atoms with Crippen LogP contribution >= 0.6 is 7.82 Å². The number of carbonyl (C=O) groups is 4. The van der Waals surface area contributed by atoms with E-state index in [1.165, 1.54) is 13.8 Å². The van der Waals surface area contributed by atoms with Crippen molar-refractivity contribution in [1.29, 1.82) is 0 Å². The molecule has 2 heterocycles. The second kappa shape index (κ2) is 51.5. The van der Waals surface area contributed by atoms with E-state index in [4.69, 9.17) is 43.8 Å². The normalized spacial score (nSPS) is 22.1. The molecule has 0 aromatic heterocycles. The summed E-state index contributed by atoms with van der Waals surface area (Å²) in [5, 5.41) is 32.0. The van der Waals surface area contributed by atoms with E-state index >= 15 is 0 Å². The molecule has 0 spiro atoms. The topological polar surface area (TPSA) is 297 Å². The number of benzene rings is 1. The van der Waals surface area contributed by atoms with Crippen LogP contribution in [0, 0.1) is 46.8 Å². The zero-order valence-electron chi connectivity index (χ0n) is 50.1. The molecule has 3 rings (SSSR count). The quantitative estimate of drug-likeness (QED) is 0.00711. The first-order chi connectivity index (χ1) is 39.0. The molecule has 0 aliphatic carbocycles. The van der Waals surface area contributed by atoms with Gasteiger partial charge in [-0.15, -0.1) is 0 Å². The maximum absolute atomic E-state index is 13.6. The van der Waals surface area contributed by atoms with Gasteiger partial charge < -0.3 is 69.2 Å². The fourth-order valence-corrected chi connectivity index (χ4v) is 8.26. The monoisotopic (exact) mass is 1250 g/mol. The zero-order chi connectivity index (χ0) is 62.8. The molecule has 21 nitrogen and oxygen atoms in total. The number of phosphoric ester groups is 1. The lowest BCUT2D eigenvalue weighted by Crippen LogP contribution is -2.55. The summed E-state index contributed by atoms with van der Waals surface area (Å²) in [6.45, 7) is 18.6. The molecule has 84 heavy (non-hydrogen) atoms. The SMILES string of the molecule is C.C.CC.CC.CC(=O)OCC1O[C@@H](OCCCCCC(=O)Oc2c(F)c(F)c(F)c(F)c2F)C(C)[C@@H](C)[C@H]1OC(C)=O.COCCCCCCNC(=O)CCCCCO[C@@H]1OC(CO)[C@H](O)[C@H](O)C1C.COP(=O)(O)OCCCCCCN. The van der Waals surface area contributed by atoms with Crippen molar-refractivity contribution in [3.63, 3.8) is 0 Å². The van der Waals surface area contributed by atoms with Crippen molar-refractivity contribution in [1.82, 2.24) is 5.32 Å². The number of amides is 1. The van der Waals surface area contributed by atoms with Crippen molar-refractivity contribution in [2.75, 3.05) is 67.0 Å². The van der Waals surface area contributed by atoms with Crippen molar-refractivity contribution in [2.45, 2.75) is 223 Å². The predicted octanol–water partition coefficient (Wildman–Crippen LogP) is 9.91. The number of aliphatic hydroxyl groups excluding tert-OH is 3. The molecule has 498 valence electrons. The highest BCUT2D eigenvalue weighted by Crippen LogP contribution is 2.42. The van der Waals surface area contributed by atoms with Gasteiger partial charge in [0.05, 0.1) is 19.3 Å². The van der Waals surface area contributed by atoms with Gasteiger partial charge in [0.2, 0.25) is 40.7 Å². The largest absolute Gasteiger partial charge is 0.471 e. The highest BCUT2D eigenvalue weighted by Gasteiger charge is 2.45. The van der Waals surface area contributed by atoms with E-state index in [2.05, 4.69) is 19.1 Å². The number of nitrogens with two attached hydrogens (primary N) is 1. The number of hydrogen-bond donors (Lipinski definition) is 6. The summed E-state index contributed by atoms with van der Waals surface area (Å²) in [6, 6.07) is 0. The first-order valence-corrected chi connectivity index (χ1v) is 30.0. The van der Waals surface area contributed by atoms with Gasteiger partial charge in [-0.25, -0.2) is 17.7 Å². The summed E-state index contributed by atoms with van der Waals surface area (Å²) in [7, 11) is -0.898. The zero-order valence-corrected chi connectivity index (χ0v) is 51.0. The Morgan fingerprint density at radius 2 is 1.10 bits per heavy atom. The van der Waals surface area contributed by atoms with E-state index in [9.17, 15) is 61.0 Å². The summed E-state index contributed by atoms with van der Waals surface area (Å²) < 4.78 is 129. The van der Waals surface area contributed by atoms with Gasteiger partial charge in [-0.1, -0.05) is 102 Å². The van der Waals surface area contributed by atoms with Crippen molar-refractivity contribution in [2.24, 2.45) is 23.5 Å². The van der Waals surface area contributed by atoms with Crippen molar-refractivity contribution >= 4 is 31.6 Å². The van der Waals surface area contributed by atoms with Gasteiger partial charge in [0.1, 0.15) is 31.0 Å². The van der Waals surface area contributed by atoms with Crippen LogP contribution in [0.1, 0.15) is 180 Å². The summed E-state index contributed by atoms with van der Waals surface area (Å²) in [6.07, 6.45) is 6.05. The van der Waals surface area contributed by atoms with Crippen LogP contribution in [-0.2, 0) is 65.9 Å². The molecular formula is C57H106F5N2O19P. The fourth-order valence-electron chi connectivity index (χ4n) is 7.79. The molecule has 2 aliphatic heterocycles. The smallest absolute Gasteiger partial charge is 0.463 e. The van der Waals surface area contributed by atoms with Crippen molar-refractivity contribution in [3.05, 3.63) is 29.1 Å². The van der Waals surface area contributed by atoms with Gasteiger partial charge >= 0.3 is 25.7 Å². The van der Waals surface area contributed by atoms with Gasteiger partial charge in [-0.3, -0.25) is 28.2 Å². The van der Waals surface area contributed by atoms with E-state index in [0.29, 0.717) is 32.4 Å². The number of halogens is 5. The van der Waals surface area contributed by atoms with Crippen LogP contribution in [0.5, 0.6) is 5.75 Å². The highest BCUT2D eigenvalue weighted by atomic mass is 31.2. The van der Waals surface area contributed by atoms with Gasteiger partial charge in [0.25, 0.3) is 0 Å². The van der Waals surface area contributed by atoms with Crippen LogP contribution in [-0.4, -0.2) is 154 Å². The Morgan fingerprint density at radius 1 is 0.619 bits per heavy atom. The first kappa shape index (κ1) is 86.9. The van der Waals surface area contributed by atoms with Crippen LogP contribution in [0.2, 0.25) is 0 Å². The van der Waals surface area contributed by atoms with Crippen molar-refractivity contribution < 1.29 is 113 Å². The lowest BCUT2D eigenvalue weighted by atomic mass is 9.84. The van der Waals surface area contributed by atoms with Crippen LogP contribution < -0.4 is 15.8 Å². The number of unbranched alkanes of at least 4 members (excludes halogenated alkanes) is 10. The number of esters is 3. The third kappa shape index (κ3) is 36.0. The Balaban J connectivity index is -0.000000601.